The summed E-state index contributed by atoms with van der Waals surface area (Å²) in [6, 6.07) is 3.71. The third-order valence-electron chi connectivity index (χ3n) is 1.39. The predicted octanol–water partition coefficient (Wildman–Crippen LogP) is 0.168. The van der Waals surface area contributed by atoms with E-state index in [2.05, 4.69) is 10.7 Å². The minimum atomic E-state index is -0.0342. The van der Waals surface area contributed by atoms with Gasteiger partial charge in [0, 0.05) is 12.4 Å². The zero-order valence-corrected chi connectivity index (χ0v) is 7.08. The summed E-state index contributed by atoms with van der Waals surface area (Å²) < 4.78 is 1.62. The molecule has 0 spiro atoms. The van der Waals surface area contributed by atoms with Crippen molar-refractivity contribution in [2.24, 2.45) is 0 Å². The van der Waals surface area contributed by atoms with E-state index in [1.165, 1.54) is 0 Å². The van der Waals surface area contributed by atoms with Crippen LogP contribution < -0.4 is 10.7 Å². The number of nitrogens with zero attached hydrogens (tertiary/aromatic N) is 1. The summed E-state index contributed by atoms with van der Waals surface area (Å²) in [4.78, 5) is 11.1. The lowest BCUT2D eigenvalue weighted by Gasteiger charge is -2.05. The van der Waals surface area contributed by atoms with Crippen LogP contribution in [0.15, 0.2) is 24.5 Å². The zero-order valence-electron chi connectivity index (χ0n) is 7.08. The molecule has 0 saturated carbocycles. The third kappa shape index (κ3) is 2.75. The summed E-state index contributed by atoms with van der Waals surface area (Å²) in [5.41, 5.74) is 2.67. The fourth-order valence-electron chi connectivity index (χ4n) is 0.831. The molecule has 0 aliphatic carbocycles. The van der Waals surface area contributed by atoms with E-state index in [4.69, 9.17) is 0 Å². The van der Waals surface area contributed by atoms with Gasteiger partial charge < -0.3 is 5.32 Å². The number of carbonyl (C=O) groups is 1. The van der Waals surface area contributed by atoms with E-state index in [9.17, 15) is 4.79 Å². The summed E-state index contributed by atoms with van der Waals surface area (Å²) >= 11 is 0. The summed E-state index contributed by atoms with van der Waals surface area (Å²) in [6.07, 6.45) is 3.56. The number of rotatable bonds is 4. The van der Waals surface area contributed by atoms with E-state index in [1.54, 1.807) is 17.1 Å². The second kappa shape index (κ2) is 4.56. The average molecular weight is 167 g/mol. The molecule has 0 radical (unpaired) electrons. The number of amides is 1. The first-order chi connectivity index (χ1) is 5.83. The molecule has 4 heteroatoms. The van der Waals surface area contributed by atoms with Gasteiger partial charge >= 0.3 is 0 Å². The average Bonchev–Trinajstić information content (AvgIpc) is 2.53. The van der Waals surface area contributed by atoms with Gasteiger partial charge in [-0.05, 0) is 18.7 Å². The summed E-state index contributed by atoms with van der Waals surface area (Å²) in [5, 5.41) is 2.94. The van der Waals surface area contributed by atoms with Crippen molar-refractivity contribution in [3.63, 3.8) is 0 Å². The number of hydrogen-bond acceptors (Lipinski definition) is 2. The van der Waals surface area contributed by atoms with Gasteiger partial charge in [0.1, 0.15) is 0 Å². The number of carbonyl (C=O) groups excluding carboxylic acids is 1. The van der Waals surface area contributed by atoms with Crippen LogP contribution in [0.3, 0.4) is 0 Å². The molecule has 12 heavy (non-hydrogen) atoms. The first-order valence-corrected chi connectivity index (χ1v) is 3.96. The first-order valence-electron chi connectivity index (χ1n) is 3.96. The molecule has 1 rings (SSSR count). The molecule has 0 bridgehead atoms. The summed E-state index contributed by atoms with van der Waals surface area (Å²) in [5.74, 6) is -0.0342. The maximum atomic E-state index is 11.1. The van der Waals surface area contributed by atoms with Crippen molar-refractivity contribution >= 4 is 5.91 Å². The molecule has 1 aromatic heterocycles. The van der Waals surface area contributed by atoms with Crippen molar-refractivity contribution in [2.75, 3.05) is 18.5 Å². The molecule has 1 amide bonds. The van der Waals surface area contributed by atoms with Crippen LogP contribution in [-0.4, -0.2) is 23.7 Å². The number of aromatic nitrogens is 1. The molecule has 4 nitrogen and oxygen atoms in total. The summed E-state index contributed by atoms with van der Waals surface area (Å²) in [6.45, 7) is 3.12. The molecule has 0 fully saturated rings. The molecule has 1 heterocycles. The molecule has 0 aromatic carbocycles. The molecule has 0 aliphatic heterocycles. The van der Waals surface area contributed by atoms with Crippen LogP contribution in [0.25, 0.3) is 0 Å². The monoisotopic (exact) mass is 167 g/mol. The molecule has 66 valence electrons. The van der Waals surface area contributed by atoms with E-state index in [-0.39, 0.29) is 5.91 Å². The van der Waals surface area contributed by atoms with Gasteiger partial charge in [-0.2, -0.15) is 0 Å². The standard InChI is InChI=1S/C8H13N3O/c1-2-9-7-8(12)10-11-5-3-4-6-11/h3-6,9H,2,7H2,1H3,(H,10,12). The van der Waals surface area contributed by atoms with Crippen LogP contribution in [-0.2, 0) is 4.79 Å². The van der Waals surface area contributed by atoms with E-state index in [0.717, 1.165) is 6.54 Å². The van der Waals surface area contributed by atoms with Crippen LogP contribution >= 0.6 is 0 Å². The minimum Gasteiger partial charge on any atom is -0.309 e. The van der Waals surface area contributed by atoms with E-state index >= 15 is 0 Å². The topological polar surface area (TPSA) is 46.1 Å². The predicted molar refractivity (Wildman–Crippen MR) is 47.3 cm³/mol. The summed E-state index contributed by atoms with van der Waals surface area (Å²) in [7, 11) is 0. The third-order valence-corrected chi connectivity index (χ3v) is 1.39. The molecule has 0 atom stereocenters. The number of nitrogens with one attached hydrogen (secondary N) is 2. The Kier molecular flexibility index (Phi) is 3.35. The van der Waals surface area contributed by atoms with Gasteiger partial charge in [-0.3, -0.25) is 14.9 Å². The highest BCUT2D eigenvalue weighted by molar-refractivity contribution is 5.85. The second-order valence-electron chi connectivity index (χ2n) is 2.41. The largest absolute Gasteiger partial charge is 0.309 e. The lowest BCUT2D eigenvalue weighted by atomic mass is 10.6. The van der Waals surface area contributed by atoms with E-state index in [1.807, 2.05) is 19.1 Å². The molecule has 0 saturated heterocycles. The Morgan fingerprint density at radius 2 is 2.08 bits per heavy atom. The van der Waals surface area contributed by atoms with E-state index < -0.39 is 0 Å². The van der Waals surface area contributed by atoms with Gasteiger partial charge in [0.05, 0.1) is 6.54 Å². The normalized spacial score (nSPS) is 9.75. The molecule has 0 aliphatic rings. The smallest absolute Gasteiger partial charge is 0.252 e. The Labute approximate surface area is 71.5 Å². The van der Waals surface area contributed by atoms with Crippen LogP contribution in [0, 0.1) is 0 Å². The molecule has 1 aromatic rings. The van der Waals surface area contributed by atoms with Crippen molar-refractivity contribution < 1.29 is 4.79 Å². The van der Waals surface area contributed by atoms with Crippen molar-refractivity contribution in [3.05, 3.63) is 24.5 Å². The highest BCUT2D eigenvalue weighted by Gasteiger charge is 1.97. The molecular formula is C8H13N3O. The lowest BCUT2D eigenvalue weighted by Crippen LogP contribution is -2.31. The molecule has 2 N–H and O–H groups in total. The maximum Gasteiger partial charge on any atom is 0.252 e. The van der Waals surface area contributed by atoms with Crippen molar-refractivity contribution in [1.29, 1.82) is 0 Å². The first kappa shape index (κ1) is 8.80. The van der Waals surface area contributed by atoms with Crippen LogP contribution in [0.2, 0.25) is 0 Å². The fraction of sp³-hybridized carbons (Fsp3) is 0.375. The fourth-order valence-corrected chi connectivity index (χ4v) is 0.831. The Balaban J connectivity index is 2.27. The number of likely N-dealkylation sites (N-methyl/N-ethyl adjacent to an activating group) is 1. The zero-order chi connectivity index (χ0) is 8.81. The minimum absolute atomic E-state index is 0.0342. The second-order valence-corrected chi connectivity index (χ2v) is 2.41. The van der Waals surface area contributed by atoms with Crippen molar-refractivity contribution in [1.82, 2.24) is 9.99 Å². The highest BCUT2D eigenvalue weighted by atomic mass is 16.2. The van der Waals surface area contributed by atoms with Gasteiger partial charge in [-0.1, -0.05) is 6.92 Å². The number of hydrogen-bond donors (Lipinski definition) is 2. The molecule has 0 unspecified atom stereocenters. The lowest BCUT2D eigenvalue weighted by molar-refractivity contribution is -0.116. The van der Waals surface area contributed by atoms with Gasteiger partial charge in [0.25, 0.3) is 5.91 Å². The van der Waals surface area contributed by atoms with Gasteiger partial charge in [-0.25, -0.2) is 0 Å². The van der Waals surface area contributed by atoms with Crippen LogP contribution in [0.5, 0.6) is 0 Å². The van der Waals surface area contributed by atoms with Crippen molar-refractivity contribution in [2.45, 2.75) is 6.92 Å². The Hall–Kier alpha value is -1.29. The quantitative estimate of drug-likeness (QED) is 0.671. The van der Waals surface area contributed by atoms with E-state index in [0.29, 0.717) is 6.54 Å². The van der Waals surface area contributed by atoms with Gasteiger partial charge in [0.15, 0.2) is 0 Å². The SMILES string of the molecule is CCNCC(=O)Nn1cccc1. The maximum absolute atomic E-state index is 11.1. The van der Waals surface area contributed by atoms with Crippen LogP contribution in [0.4, 0.5) is 0 Å². The Morgan fingerprint density at radius 3 is 2.67 bits per heavy atom. The Bertz CT molecular complexity index is 230. The van der Waals surface area contributed by atoms with Crippen LogP contribution in [0.1, 0.15) is 6.92 Å². The van der Waals surface area contributed by atoms with Crippen molar-refractivity contribution in [3.8, 4) is 0 Å². The molecular weight excluding hydrogens is 154 g/mol. The van der Waals surface area contributed by atoms with Gasteiger partial charge in [-0.15, -0.1) is 0 Å². The van der Waals surface area contributed by atoms with Gasteiger partial charge in [0.2, 0.25) is 0 Å². The Morgan fingerprint density at radius 1 is 1.42 bits per heavy atom. The highest BCUT2D eigenvalue weighted by Crippen LogP contribution is 1.84.